The molecule has 0 spiro atoms. The highest BCUT2D eigenvalue weighted by atomic mass is 19.4. The number of halogens is 4. The van der Waals surface area contributed by atoms with Crippen LogP contribution in [0.15, 0.2) is 18.2 Å². The van der Waals surface area contributed by atoms with Gasteiger partial charge in [-0.3, -0.25) is 0 Å². The molecule has 0 bridgehead atoms. The molecule has 0 aliphatic heterocycles. The van der Waals surface area contributed by atoms with E-state index in [2.05, 4.69) is 0 Å². The van der Waals surface area contributed by atoms with Gasteiger partial charge in [-0.2, -0.15) is 18.4 Å². The highest BCUT2D eigenvalue weighted by Gasteiger charge is 2.26. The van der Waals surface area contributed by atoms with Crippen molar-refractivity contribution in [1.29, 1.82) is 5.26 Å². The number of alkyl halides is 3. The van der Waals surface area contributed by atoms with Gasteiger partial charge < -0.3 is 4.74 Å². The topological polar surface area (TPSA) is 33.0 Å². The molecule has 0 fully saturated rings. The van der Waals surface area contributed by atoms with Gasteiger partial charge in [-0.1, -0.05) is 0 Å². The average molecular weight is 247 g/mol. The molecule has 0 aliphatic carbocycles. The van der Waals surface area contributed by atoms with E-state index in [1.807, 2.05) is 0 Å². The number of nitrogens with zero attached hydrogens (tertiary/aromatic N) is 1. The summed E-state index contributed by atoms with van der Waals surface area (Å²) >= 11 is 0. The predicted molar refractivity (Wildman–Crippen MR) is 51.9 cm³/mol. The molecule has 0 saturated heterocycles. The summed E-state index contributed by atoms with van der Waals surface area (Å²) in [6, 6.07) is 5.04. The zero-order valence-electron chi connectivity index (χ0n) is 8.72. The second-order valence-corrected chi connectivity index (χ2v) is 3.35. The van der Waals surface area contributed by atoms with E-state index >= 15 is 0 Å². The van der Waals surface area contributed by atoms with E-state index in [-0.39, 0.29) is 24.3 Å². The van der Waals surface area contributed by atoms with Crippen molar-refractivity contribution >= 4 is 0 Å². The van der Waals surface area contributed by atoms with Crippen LogP contribution < -0.4 is 4.74 Å². The van der Waals surface area contributed by atoms with Crippen molar-refractivity contribution in [1.82, 2.24) is 0 Å². The Balaban J connectivity index is 2.47. The lowest BCUT2D eigenvalue weighted by atomic mass is 10.2. The first-order valence-corrected chi connectivity index (χ1v) is 4.81. The maximum Gasteiger partial charge on any atom is 0.389 e. The summed E-state index contributed by atoms with van der Waals surface area (Å²) in [5.74, 6) is -0.599. The molecular weight excluding hydrogens is 238 g/mol. The van der Waals surface area contributed by atoms with Gasteiger partial charge in [0.05, 0.1) is 18.2 Å². The summed E-state index contributed by atoms with van der Waals surface area (Å²) in [4.78, 5) is 0. The zero-order chi connectivity index (χ0) is 12.9. The van der Waals surface area contributed by atoms with Gasteiger partial charge in [0.15, 0.2) is 0 Å². The van der Waals surface area contributed by atoms with Crippen LogP contribution in [0.25, 0.3) is 0 Å². The summed E-state index contributed by atoms with van der Waals surface area (Å²) in [7, 11) is 0. The Hall–Kier alpha value is -1.77. The lowest BCUT2D eigenvalue weighted by Crippen LogP contribution is -2.09. The maximum atomic E-state index is 12.9. The van der Waals surface area contributed by atoms with Crippen LogP contribution in [0.5, 0.6) is 5.75 Å². The largest absolute Gasteiger partial charge is 0.493 e. The van der Waals surface area contributed by atoms with Crippen molar-refractivity contribution in [2.45, 2.75) is 19.0 Å². The number of nitriles is 1. The number of rotatable bonds is 4. The maximum absolute atomic E-state index is 12.9. The SMILES string of the molecule is N#Cc1cc(F)cc(OCCCC(F)(F)F)c1. The smallest absolute Gasteiger partial charge is 0.389 e. The van der Waals surface area contributed by atoms with E-state index in [1.165, 1.54) is 6.07 Å². The minimum absolute atomic E-state index is 0.0590. The van der Waals surface area contributed by atoms with Crippen LogP contribution in [0.3, 0.4) is 0 Å². The van der Waals surface area contributed by atoms with E-state index in [0.29, 0.717) is 0 Å². The van der Waals surface area contributed by atoms with Crippen molar-refractivity contribution in [3.63, 3.8) is 0 Å². The molecule has 1 aromatic rings. The van der Waals surface area contributed by atoms with Crippen molar-refractivity contribution in [2.24, 2.45) is 0 Å². The second-order valence-electron chi connectivity index (χ2n) is 3.35. The predicted octanol–water partition coefficient (Wildman–Crippen LogP) is 3.42. The Morgan fingerprint density at radius 3 is 2.53 bits per heavy atom. The van der Waals surface area contributed by atoms with E-state index in [4.69, 9.17) is 10.00 Å². The molecule has 0 amide bonds. The molecule has 0 unspecified atom stereocenters. The Bertz CT molecular complexity index is 422. The molecule has 2 nitrogen and oxygen atoms in total. The summed E-state index contributed by atoms with van der Waals surface area (Å²) in [5.41, 5.74) is 0.0656. The third kappa shape index (κ3) is 5.20. The Kier molecular flexibility index (Phi) is 4.32. The molecule has 1 aromatic carbocycles. The fourth-order valence-electron chi connectivity index (χ4n) is 1.17. The molecular formula is C11H9F4NO. The Morgan fingerprint density at radius 1 is 1.24 bits per heavy atom. The highest BCUT2D eigenvalue weighted by Crippen LogP contribution is 2.22. The van der Waals surface area contributed by atoms with Gasteiger partial charge in [0.1, 0.15) is 11.6 Å². The third-order valence-corrected chi connectivity index (χ3v) is 1.87. The van der Waals surface area contributed by atoms with Gasteiger partial charge >= 0.3 is 6.18 Å². The van der Waals surface area contributed by atoms with E-state index in [0.717, 1.165) is 12.1 Å². The molecule has 0 aliphatic rings. The molecule has 0 N–H and O–H groups in total. The van der Waals surface area contributed by atoms with Gasteiger partial charge in [-0.25, -0.2) is 4.39 Å². The Morgan fingerprint density at radius 2 is 1.94 bits per heavy atom. The number of benzene rings is 1. The van der Waals surface area contributed by atoms with E-state index in [1.54, 1.807) is 6.07 Å². The van der Waals surface area contributed by atoms with Crippen LogP contribution in [-0.4, -0.2) is 12.8 Å². The van der Waals surface area contributed by atoms with Crippen LogP contribution >= 0.6 is 0 Å². The first-order valence-electron chi connectivity index (χ1n) is 4.81. The van der Waals surface area contributed by atoms with E-state index < -0.39 is 18.4 Å². The first kappa shape index (κ1) is 13.3. The average Bonchev–Trinajstić information content (AvgIpc) is 2.22. The van der Waals surface area contributed by atoms with Crippen LogP contribution in [0.1, 0.15) is 18.4 Å². The summed E-state index contributed by atoms with van der Waals surface area (Å²) in [5, 5.41) is 8.54. The lowest BCUT2D eigenvalue weighted by molar-refractivity contribution is -0.136. The van der Waals surface area contributed by atoms with E-state index in [9.17, 15) is 17.6 Å². The molecule has 92 valence electrons. The fourth-order valence-corrected chi connectivity index (χ4v) is 1.17. The molecule has 0 saturated carbocycles. The third-order valence-electron chi connectivity index (χ3n) is 1.87. The van der Waals surface area contributed by atoms with Crippen LogP contribution in [-0.2, 0) is 0 Å². The number of ether oxygens (including phenoxy) is 1. The Labute approximate surface area is 95.4 Å². The van der Waals surface area contributed by atoms with Crippen LogP contribution in [0.4, 0.5) is 17.6 Å². The van der Waals surface area contributed by atoms with Gasteiger partial charge in [0.2, 0.25) is 0 Å². The number of hydrogen-bond acceptors (Lipinski definition) is 2. The summed E-state index contributed by atoms with van der Waals surface area (Å²) in [6.07, 6.45) is -5.38. The molecule has 6 heteroatoms. The van der Waals surface area contributed by atoms with Gasteiger partial charge in [0.25, 0.3) is 0 Å². The standard InChI is InChI=1S/C11H9F4NO/c12-9-4-8(7-16)5-10(6-9)17-3-1-2-11(13,14)15/h4-6H,1-3H2. The second kappa shape index (κ2) is 5.53. The quantitative estimate of drug-likeness (QED) is 0.603. The normalized spacial score (nSPS) is 11.0. The molecule has 17 heavy (non-hydrogen) atoms. The monoisotopic (exact) mass is 247 g/mol. The summed E-state index contributed by atoms with van der Waals surface area (Å²) < 4.78 is 53.3. The van der Waals surface area contributed by atoms with Crippen molar-refractivity contribution in [3.05, 3.63) is 29.6 Å². The fraction of sp³-hybridized carbons (Fsp3) is 0.364. The van der Waals surface area contributed by atoms with Crippen molar-refractivity contribution < 1.29 is 22.3 Å². The molecule has 1 rings (SSSR count). The van der Waals surface area contributed by atoms with Gasteiger partial charge in [-0.05, 0) is 18.6 Å². The first-order chi connectivity index (χ1) is 7.90. The summed E-state index contributed by atoms with van der Waals surface area (Å²) in [6.45, 7) is -0.173. The minimum atomic E-state index is -4.22. The van der Waals surface area contributed by atoms with Crippen molar-refractivity contribution in [3.8, 4) is 11.8 Å². The van der Waals surface area contributed by atoms with Crippen LogP contribution in [0, 0.1) is 17.1 Å². The number of hydrogen-bond donors (Lipinski definition) is 0. The lowest BCUT2D eigenvalue weighted by Gasteiger charge is -2.08. The van der Waals surface area contributed by atoms with Crippen molar-refractivity contribution in [2.75, 3.05) is 6.61 Å². The van der Waals surface area contributed by atoms with Crippen LogP contribution in [0.2, 0.25) is 0 Å². The minimum Gasteiger partial charge on any atom is -0.493 e. The zero-order valence-corrected chi connectivity index (χ0v) is 8.72. The van der Waals surface area contributed by atoms with Gasteiger partial charge in [0, 0.05) is 12.5 Å². The molecule has 0 aromatic heterocycles. The molecule has 0 atom stereocenters. The van der Waals surface area contributed by atoms with Gasteiger partial charge in [-0.15, -0.1) is 0 Å². The highest BCUT2D eigenvalue weighted by molar-refractivity contribution is 5.36. The molecule has 0 heterocycles. The molecule has 0 radical (unpaired) electrons.